The molecule has 3 rings (SSSR count). The molecule has 0 aliphatic carbocycles. The van der Waals surface area contributed by atoms with Gasteiger partial charge in [-0.1, -0.05) is 106 Å². The summed E-state index contributed by atoms with van der Waals surface area (Å²) < 4.78 is 6.06. The van der Waals surface area contributed by atoms with Gasteiger partial charge in [0.2, 0.25) is 5.91 Å². The SMILES string of the molecule is Cc1cccc(CN(C(=O)COc2ccccc2C(C)C)[C@H](Cc2ccccc2)C(=O)NCC(C)C)c1. The van der Waals surface area contributed by atoms with Crippen LogP contribution in [0.2, 0.25) is 0 Å². The van der Waals surface area contributed by atoms with Crippen molar-refractivity contribution in [1.29, 1.82) is 0 Å². The Labute approximate surface area is 221 Å². The minimum atomic E-state index is -0.668. The second kappa shape index (κ2) is 13.6. The summed E-state index contributed by atoms with van der Waals surface area (Å²) in [6, 6.07) is 25.0. The molecule has 0 saturated carbocycles. The van der Waals surface area contributed by atoms with Gasteiger partial charge in [0.05, 0.1) is 0 Å². The van der Waals surface area contributed by atoms with Crippen LogP contribution in [-0.2, 0) is 22.6 Å². The number of rotatable bonds is 12. The lowest BCUT2D eigenvalue weighted by atomic mass is 10.0. The summed E-state index contributed by atoms with van der Waals surface area (Å²) in [5.74, 6) is 0.896. The van der Waals surface area contributed by atoms with E-state index < -0.39 is 6.04 Å². The lowest BCUT2D eigenvalue weighted by molar-refractivity contribution is -0.142. The number of hydrogen-bond acceptors (Lipinski definition) is 3. The van der Waals surface area contributed by atoms with Crippen LogP contribution in [0.5, 0.6) is 5.75 Å². The van der Waals surface area contributed by atoms with Crippen molar-refractivity contribution in [3.05, 3.63) is 101 Å². The molecular weight excluding hydrogens is 460 g/mol. The van der Waals surface area contributed by atoms with Gasteiger partial charge in [-0.2, -0.15) is 0 Å². The Balaban J connectivity index is 1.92. The number of ether oxygens (including phenoxy) is 1. The molecule has 0 unspecified atom stereocenters. The largest absolute Gasteiger partial charge is 0.483 e. The molecule has 0 radical (unpaired) electrons. The van der Waals surface area contributed by atoms with E-state index in [1.54, 1.807) is 4.90 Å². The molecule has 5 heteroatoms. The highest BCUT2D eigenvalue weighted by molar-refractivity contribution is 5.88. The number of para-hydroxylation sites is 1. The van der Waals surface area contributed by atoms with E-state index in [-0.39, 0.29) is 24.3 Å². The van der Waals surface area contributed by atoms with Gasteiger partial charge < -0.3 is 15.0 Å². The number of carbonyl (C=O) groups excluding carboxylic acids is 2. The molecule has 0 aromatic heterocycles. The molecule has 0 spiro atoms. The third-order valence-electron chi connectivity index (χ3n) is 6.28. The van der Waals surface area contributed by atoms with E-state index >= 15 is 0 Å². The molecule has 0 heterocycles. The Morgan fingerprint density at radius 3 is 2.22 bits per heavy atom. The van der Waals surface area contributed by atoms with Crippen molar-refractivity contribution in [2.45, 2.75) is 59.5 Å². The lowest BCUT2D eigenvalue weighted by Crippen LogP contribution is -2.52. The molecule has 0 saturated heterocycles. The summed E-state index contributed by atoms with van der Waals surface area (Å²) in [6.07, 6.45) is 0.422. The third-order valence-corrected chi connectivity index (χ3v) is 6.28. The first-order chi connectivity index (χ1) is 17.7. The normalized spacial score (nSPS) is 11.9. The number of amides is 2. The van der Waals surface area contributed by atoms with Gasteiger partial charge in [0.15, 0.2) is 6.61 Å². The average molecular weight is 501 g/mol. The summed E-state index contributed by atoms with van der Waals surface area (Å²) >= 11 is 0. The molecule has 1 N–H and O–H groups in total. The van der Waals surface area contributed by atoms with Crippen LogP contribution >= 0.6 is 0 Å². The minimum absolute atomic E-state index is 0.141. The molecule has 2 amide bonds. The molecule has 37 heavy (non-hydrogen) atoms. The molecule has 0 fully saturated rings. The Morgan fingerprint density at radius 1 is 0.865 bits per heavy atom. The number of benzene rings is 3. The van der Waals surface area contributed by atoms with E-state index in [0.717, 1.165) is 22.3 Å². The molecule has 3 aromatic rings. The van der Waals surface area contributed by atoms with Crippen LogP contribution in [0.25, 0.3) is 0 Å². The summed E-state index contributed by atoms with van der Waals surface area (Å²) in [7, 11) is 0. The Kier molecular flexibility index (Phi) is 10.3. The number of nitrogens with zero attached hydrogens (tertiary/aromatic N) is 1. The molecule has 0 aliphatic heterocycles. The van der Waals surface area contributed by atoms with E-state index in [9.17, 15) is 9.59 Å². The van der Waals surface area contributed by atoms with E-state index in [0.29, 0.717) is 31.2 Å². The van der Waals surface area contributed by atoms with Crippen LogP contribution in [0, 0.1) is 12.8 Å². The predicted molar refractivity (Wildman–Crippen MR) is 150 cm³/mol. The van der Waals surface area contributed by atoms with E-state index in [1.807, 2.05) is 79.7 Å². The van der Waals surface area contributed by atoms with Crippen LogP contribution in [-0.4, -0.2) is 35.9 Å². The highest BCUT2D eigenvalue weighted by Gasteiger charge is 2.31. The topological polar surface area (TPSA) is 58.6 Å². The number of hydrogen-bond donors (Lipinski definition) is 1. The first kappa shape index (κ1) is 28.0. The fraction of sp³-hybridized carbons (Fsp3) is 0.375. The van der Waals surface area contributed by atoms with Gasteiger partial charge >= 0.3 is 0 Å². The van der Waals surface area contributed by atoms with Crippen molar-refractivity contribution in [1.82, 2.24) is 10.2 Å². The predicted octanol–water partition coefficient (Wildman–Crippen LogP) is 5.91. The minimum Gasteiger partial charge on any atom is -0.483 e. The standard InChI is InChI=1S/C32H40N2O3/c1-23(2)20-33-32(36)29(19-26-13-7-6-8-14-26)34(21-27-15-11-12-25(5)18-27)31(35)22-37-30-17-10-9-16-28(30)24(3)4/h6-18,23-24,29H,19-22H2,1-5H3,(H,33,36)/t29-/m1/s1. The highest BCUT2D eigenvalue weighted by Crippen LogP contribution is 2.26. The van der Waals surface area contributed by atoms with Crippen molar-refractivity contribution >= 4 is 11.8 Å². The third kappa shape index (κ3) is 8.49. The lowest BCUT2D eigenvalue weighted by Gasteiger charge is -2.32. The van der Waals surface area contributed by atoms with Gasteiger partial charge in [0.1, 0.15) is 11.8 Å². The van der Waals surface area contributed by atoms with Crippen molar-refractivity contribution < 1.29 is 14.3 Å². The summed E-state index contributed by atoms with van der Waals surface area (Å²) in [5, 5.41) is 3.06. The van der Waals surface area contributed by atoms with E-state index in [4.69, 9.17) is 4.74 Å². The number of aryl methyl sites for hydroxylation is 1. The first-order valence-corrected chi connectivity index (χ1v) is 13.1. The van der Waals surface area contributed by atoms with E-state index in [1.165, 1.54) is 0 Å². The zero-order valence-corrected chi connectivity index (χ0v) is 22.7. The van der Waals surface area contributed by atoms with Crippen LogP contribution in [0.3, 0.4) is 0 Å². The maximum atomic E-state index is 13.8. The molecule has 0 aliphatic rings. The summed E-state index contributed by atoms with van der Waals surface area (Å²) in [4.78, 5) is 29.0. The number of nitrogens with one attached hydrogen (secondary N) is 1. The molecule has 196 valence electrons. The quantitative estimate of drug-likeness (QED) is 0.336. The van der Waals surface area contributed by atoms with Crippen LogP contribution < -0.4 is 10.1 Å². The van der Waals surface area contributed by atoms with Crippen molar-refractivity contribution in [2.75, 3.05) is 13.2 Å². The van der Waals surface area contributed by atoms with Gasteiger partial charge in [-0.05, 0) is 41.5 Å². The average Bonchev–Trinajstić information content (AvgIpc) is 2.88. The molecule has 1 atom stereocenters. The van der Waals surface area contributed by atoms with Crippen LogP contribution in [0.4, 0.5) is 0 Å². The van der Waals surface area contributed by atoms with Gasteiger partial charge in [-0.15, -0.1) is 0 Å². The molecular formula is C32H40N2O3. The fourth-order valence-corrected chi connectivity index (χ4v) is 4.30. The Morgan fingerprint density at radius 2 is 1.54 bits per heavy atom. The second-order valence-electron chi connectivity index (χ2n) is 10.3. The molecule has 5 nitrogen and oxygen atoms in total. The van der Waals surface area contributed by atoms with Gasteiger partial charge in [0.25, 0.3) is 5.91 Å². The van der Waals surface area contributed by atoms with Crippen molar-refractivity contribution in [3.63, 3.8) is 0 Å². The zero-order chi connectivity index (χ0) is 26.8. The maximum Gasteiger partial charge on any atom is 0.261 e. The Bertz CT molecular complexity index is 1160. The van der Waals surface area contributed by atoms with Gasteiger partial charge in [0, 0.05) is 19.5 Å². The summed E-state index contributed by atoms with van der Waals surface area (Å²) in [6.45, 7) is 11.1. The second-order valence-corrected chi connectivity index (χ2v) is 10.3. The fourth-order valence-electron chi connectivity index (χ4n) is 4.30. The monoisotopic (exact) mass is 500 g/mol. The van der Waals surface area contributed by atoms with Crippen molar-refractivity contribution in [3.8, 4) is 5.75 Å². The van der Waals surface area contributed by atoms with Crippen LogP contribution in [0.1, 0.15) is 55.9 Å². The smallest absolute Gasteiger partial charge is 0.261 e. The number of carbonyl (C=O) groups is 2. The van der Waals surface area contributed by atoms with E-state index in [2.05, 4.69) is 39.1 Å². The van der Waals surface area contributed by atoms with Crippen molar-refractivity contribution in [2.24, 2.45) is 5.92 Å². The van der Waals surface area contributed by atoms with Gasteiger partial charge in [-0.3, -0.25) is 9.59 Å². The maximum absolute atomic E-state index is 13.8. The first-order valence-electron chi connectivity index (χ1n) is 13.1. The van der Waals surface area contributed by atoms with Gasteiger partial charge in [-0.25, -0.2) is 0 Å². The summed E-state index contributed by atoms with van der Waals surface area (Å²) in [5.41, 5.74) is 4.14. The molecule has 3 aromatic carbocycles. The zero-order valence-electron chi connectivity index (χ0n) is 22.7. The highest BCUT2D eigenvalue weighted by atomic mass is 16.5. The Hall–Kier alpha value is -3.60. The molecule has 0 bridgehead atoms. The van der Waals surface area contributed by atoms with Crippen LogP contribution in [0.15, 0.2) is 78.9 Å².